The van der Waals surface area contributed by atoms with Gasteiger partial charge in [0.25, 0.3) is 0 Å². The summed E-state index contributed by atoms with van der Waals surface area (Å²) in [5.74, 6) is 0.701. The van der Waals surface area contributed by atoms with Crippen molar-refractivity contribution in [1.82, 2.24) is 0 Å². The molecular weight excluding hydrogens is 419 g/mol. The number of amides is 1. The van der Waals surface area contributed by atoms with E-state index < -0.39 is 6.10 Å². The van der Waals surface area contributed by atoms with Crippen LogP contribution in [0.4, 0.5) is 5.69 Å². The zero-order valence-electron chi connectivity index (χ0n) is 15.8. The van der Waals surface area contributed by atoms with E-state index in [1.54, 1.807) is 11.8 Å². The SMILES string of the molecule is [CH2-]CC/C=C\CC1SCC(=O)N1c1ccc(C(O)CCCCC)cc1.[Y]. The predicted molar refractivity (Wildman–Crippen MR) is 108 cm³/mol. The Hall–Kier alpha value is -0.156. The smallest absolute Gasteiger partial charge is 0.238 e. The van der Waals surface area contributed by atoms with Gasteiger partial charge in [0.2, 0.25) is 5.91 Å². The molecule has 0 aliphatic carbocycles. The van der Waals surface area contributed by atoms with E-state index in [0.717, 1.165) is 56.2 Å². The molecular formula is C21H30NO2SY-. The van der Waals surface area contributed by atoms with E-state index in [-0.39, 0.29) is 44.0 Å². The van der Waals surface area contributed by atoms with Crippen LogP contribution in [-0.4, -0.2) is 22.1 Å². The van der Waals surface area contributed by atoms with Gasteiger partial charge in [0, 0.05) is 38.4 Å². The molecule has 1 heterocycles. The van der Waals surface area contributed by atoms with Crippen LogP contribution in [-0.2, 0) is 37.5 Å². The average Bonchev–Trinajstić information content (AvgIpc) is 2.99. The number of allylic oxidation sites excluding steroid dienone is 1. The van der Waals surface area contributed by atoms with E-state index in [0.29, 0.717) is 5.75 Å². The molecule has 1 aromatic carbocycles. The normalized spacial score (nSPS) is 18.3. The number of hydrogen-bond donors (Lipinski definition) is 1. The summed E-state index contributed by atoms with van der Waals surface area (Å²) >= 11 is 1.70. The number of rotatable bonds is 10. The Kier molecular flexibility index (Phi) is 12.0. The van der Waals surface area contributed by atoms with Crippen molar-refractivity contribution < 1.29 is 42.6 Å². The van der Waals surface area contributed by atoms with Crippen LogP contribution in [0.1, 0.15) is 63.5 Å². The molecule has 1 saturated heterocycles. The molecule has 1 aliphatic heterocycles. The molecule has 2 rings (SSSR count). The first-order valence-corrected chi connectivity index (χ1v) is 10.4. The molecule has 0 bridgehead atoms. The maximum absolute atomic E-state index is 12.3. The fourth-order valence-electron chi connectivity index (χ4n) is 3.02. The number of aliphatic hydroxyl groups excluding tert-OH is 1. The first kappa shape index (κ1) is 23.9. The topological polar surface area (TPSA) is 40.5 Å². The van der Waals surface area contributed by atoms with Gasteiger partial charge in [-0.2, -0.15) is 6.42 Å². The van der Waals surface area contributed by atoms with Gasteiger partial charge in [-0.1, -0.05) is 56.9 Å². The summed E-state index contributed by atoms with van der Waals surface area (Å²) in [6.07, 6.45) is 10.8. The molecule has 2 unspecified atom stereocenters. The second kappa shape index (κ2) is 13.1. The number of carbonyl (C=O) groups is 1. The van der Waals surface area contributed by atoms with E-state index in [1.807, 2.05) is 29.2 Å². The third kappa shape index (κ3) is 7.11. The molecule has 26 heavy (non-hydrogen) atoms. The summed E-state index contributed by atoms with van der Waals surface area (Å²) in [6.45, 7) is 6.00. The number of hydrogen-bond acceptors (Lipinski definition) is 3. The van der Waals surface area contributed by atoms with Gasteiger partial charge >= 0.3 is 0 Å². The van der Waals surface area contributed by atoms with E-state index in [9.17, 15) is 9.90 Å². The van der Waals surface area contributed by atoms with Gasteiger partial charge in [-0.15, -0.1) is 11.8 Å². The molecule has 0 saturated carbocycles. The summed E-state index contributed by atoms with van der Waals surface area (Å²) in [7, 11) is 0. The maximum atomic E-state index is 12.3. The van der Waals surface area contributed by atoms with Crippen molar-refractivity contribution in [2.24, 2.45) is 0 Å². The molecule has 2 atom stereocenters. The van der Waals surface area contributed by atoms with Crippen LogP contribution in [0.25, 0.3) is 0 Å². The number of carbonyl (C=O) groups excluding carboxylic acids is 1. The molecule has 0 spiro atoms. The van der Waals surface area contributed by atoms with Crippen LogP contribution in [0.5, 0.6) is 0 Å². The summed E-state index contributed by atoms with van der Waals surface area (Å²) in [5, 5.41) is 10.4. The number of thioether (sulfide) groups is 1. The Morgan fingerprint density at radius 3 is 2.69 bits per heavy atom. The zero-order chi connectivity index (χ0) is 18.1. The summed E-state index contributed by atoms with van der Waals surface area (Å²) in [6, 6.07) is 7.85. The van der Waals surface area contributed by atoms with Crippen LogP contribution in [0.3, 0.4) is 0 Å². The van der Waals surface area contributed by atoms with Crippen LogP contribution < -0.4 is 4.90 Å². The Morgan fingerprint density at radius 2 is 2.04 bits per heavy atom. The average molecular weight is 449 g/mol. The van der Waals surface area contributed by atoms with Gasteiger partial charge in [-0.05, 0) is 30.5 Å². The molecule has 141 valence electrons. The van der Waals surface area contributed by atoms with Crippen molar-refractivity contribution in [1.29, 1.82) is 0 Å². The quantitative estimate of drug-likeness (QED) is 0.301. The van der Waals surface area contributed by atoms with Gasteiger partial charge in [0.1, 0.15) is 0 Å². The Labute approximate surface area is 187 Å². The molecule has 1 aliphatic rings. The molecule has 5 heteroatoms. The number of unbranched alkanes of at least 4 members (excludes halogenated alkanes) is 3. The molecule has 1 amide bonds. The standard InChI is InChI=1S/C21H30NO2S.Y/c1-3-5-7-9-11-21-22(20(24)16-25-21)18-14-12-17(13-15-18)19(23)10-8-6-4-2;/h7,9,12-15,19,21,23H,1,3-6,8,10-11,16H2,2H3;/q-1;/b9-7-;. The molecule has 3 nitrogen and oxygen atoms in total. The van der Waals surface area contributed by atoms with E-state index in [1.165, 1.54) is 0 Å². The van der Waals surface area contributed by atoms with Gasteiger partial charge in [0.05, 0.1) is 17.2 Å². The fraction of sp³-hybridized carbons (Fsp3) is 0.524. The molecule has 1 N–H and O–H groups in total. The van der Waals surface area contributed by atoms with E-state index in [4.69, 9.17) is 0 Å². The second-order valence-electron chi connectivity index (χ2n) is 6.48. The van der Waals surface area contributed by atoms with Crippen molar-refractivity contribution in [2.75, 3.05) is 10.7 Å². The van der Waals surface area contributed by atoms with Crippen LogP contribution in [0.2, 0.25) is 0 Å². The van der Waals surface area contributed by atoms with Gasteiger partial charge in [-0.3, -0.25) is 9.69 Å². The van der Waals surface area contributed by atoms with Gasteiger partial charge in [0.15, 0.2) is 0 Å². The number of aliphatic hydroxyl groups is 1. The molecule has 1 fully saturated rings. The first-order chi connectivity index (χ1) is 12.2. The van der Waals surface area contributed by atoms with Crippen LogP contribution in [0.15, 0.2) is 36.4 Å². The van der Waals surface area contributed by atoms with Crippen molar-refractivity contribution in [3.8, 4) is 0 Å². The Morgan fingerprint density at radius 1 is 1.31 bits per heavy atom. The minimum Gasteiger partial charge on any atom is -0.388 e. The Bertz CT molecular complexity index is 562. The van der Waals surface area contributed by atoms with Gasteiger partial charge < -0.3 is 12.0 Å². The minimum atomic E-state index is -0.411. The first-order valence-electron chi connectivity index (χ1n) is 9.33. The van der Waals surface area contributed by atoms with Crippen LogP contribution in [0, 0.1) is 6.92 Å². The monoisotopic (exact) mass is 449 g/mol. The summed E-state index contributed by atoms with van der Waals surface area (Å²) < 4.78 is 0. The Balaban J connectivity index is 0.00000338. The maximum Gasteiger partial charge on any atom is 0.238 e. The second-order valence-corrected chi connectivity index (χ2v) is 7.65. The van der Waals surface area contributed by atoms with Gasteiger partial charge in [-0.25, -0.2) is 0 Å². The molecule has 1 radical (unpaired) electrons. The van der Waals surface area contributed by atoms with Crippen molar-refractivity contribution in [2.45, 2.75) is 63.3 Å². The van der Waals surface area contributed by atoms with E-state index in [2.05, 4.69) is 26.0 Å². The molecule has 1 aromatic rings. The summed E-state index contributed by atoms with van der Waals surface area (Å²) in [5.41, 5.74) is 1.86. The molecule has 0 aromatic heterocycles. The largest absolute Gasteiger partial charge is 0.388 e. The minimum absolute atomic E-state index is 0. The van der Waals surface area contributed by atoms with Crippen molar-refractivity contribution in [3.63, 3.8) is 0 Å². The number of nitrogens with zero attached hydrogens (tertiary/aromatic N) is 1. The van der Waals surface area contributed by atoms with E-state index >= 15 is 0 Å². The predicted octanol–water partition coefficient (Wildman–Crippen LogP) is 5.26. The van der Waals surface area contributed by atoms with Crippen molar-refractivity contribution >= 4 is 23.4 Å². The number of anilines is 1. The summed E-state index contributed by atoms with van der Waals surface area (Å²) in [4.78, 5) is 14.2. The zero-order valence-corrected chi connectivity index (χ0v) is 19.4. The van der Waals surface area contributed by atoms with Crippen molar-refractivity contribution in [3.05, 3.63) is 48.9 Å². The number of benzene rings is 1. The third-order valence-electron chi connectivity index (χ3n) is 4.47. The third-order valence-corrected chi connectivity index (χ3v) is 5.67. The van der Waals surface area contributed by atoms with Crippen LogP contribution >= 0.6 is 11.8 Å². The fourth-order valence-corrected chi connectivity index (χ4v) is 4.13.